The topological polar surface area (TPSA) is 109 Å². The van der Waals surface area contributed by atoms with E-state index in [2.05, 4.69) is 5.32 Å². The van der Waals surface area contributed by atoms with Gasteiger partial charge in [-0.25, -0.2) is 4.79 Å². The Balaban J connectivity index is 2.15. The lowest BCUT2D eigenvalue weighted by Gasteiger charge is -2.58. The summed E-state index contributed by atoms with van der Waals surface area (Å²) in [6.45, 7) is 6.67. The van der Waals surface area contributed by atoms with Crippen molar-refractivity contribution in [1.29, 1.82) is 0 Å². The van der Waals surface area contributed by atoms with Crippen molar-refractivity contribution in [2.45, 2.75) is 73.7 Å². The predicted octanol–water partition coefficient (Wildman–Crippen LogP) is 1.89. The average Bonchev–Trinajstić information content (AvgIpc) is 2.99. The minimum atomic E-state index is -2.32. The Kier molecular flexibility index (Phi) is 6.80. The highest BCUT2D eigenvalue weighted by molar-refractivity contribution is 6.76. The Morgan fingerprint density at radius 3 is 2.39 bits per heavy atom. The van der Waals surface area contributed by atoms with Gasteiger partial charge in [-0.1, -0.05) is 41.7 Å². The number of ether oxygens (including phenoxy) is 5. The van der Waals surface area contributed by atoms with Crippen LogP contribution in [-0.4, -0.2) is 71.1 Å². The van der Waals surface area contributed by atoms with E-state index in [1.165, 1.54) is 7.11 Å². The van der Waals surface area contributed by atoms with E-state index in [1.807, 2.05) is 6.92 Å². The Bertz CT molecular complexity index is 757. The second kappa shape index (κ2) is 8.50. The normalized spacial score (nSPS) is 39.5. The third-order valence-electron chi connectivity index (χ3n) is 6.15. The fourth-order valence-electron chi connectivity index (χ4n) is 4.89. The fraction of sp³-hybridized carbons (Fsp3) is 0.842. The number of hydrogen-bond donors (Lipinski definition) is 1. The molecule has 7 atom stereocenters. The molecule has 0 spiro atoms. The molecule has 0 aromatic rings. The molecule has 12 heteroatoms. The first-order valence-corrected chi connectivity index (χ1v) is 11.0. The molecule has 3 rings (SSSR count). The number of nitrogens with one attached hydrogen (secondary N) is 1. The van der Waals surface area contributed by atoms with Gasteiger partial charge in [0.2, 0.25) is 6.10 Å². The van der Waals surface area contributed by atoms with Crippen LogP contribution in [0.3, 0.4) is 0 Å². The summed E-state index contributed by atoms with van der Waals surface area (Å²) in [5.74, 6) is -4.35. The number of rotatable bonds is 4. The first kappa shape index (κ1) is 24.8. The molecule has 1 unspecified atom stereocenters. The minimum absolute atomic E-state index is 0.0889. The van der Waals surface area contributed by atoms with Crippen LogP contribution in [0.2, 0.25) is 0 Å². The van der Waals surface area contributed by atoms with Crippen molar-refractivity contribution >= 4 is 52.6 Å². The first-order chi connectivity index (χ1) is 14.2. The van der Waals surface area contributed by atoms with Gasteiger partial charge in [-0.05, 0) is 13.8 Å². The average molecular weight is 503 g/mol. The van der Waals surface area contributed by atoms with Crippen molar-refractivity contribution in [1.82, 2.24) is 5.32 Å². The van der Waals surface area contributed by atoms with E-state index >= 15 is 0 Å². The number of halogens is 3. The van der Waals surface area contributed by atoms with Crippen LogP contribution in [0.5, 0.6) is 0 Å². The first-order valence-electron chi connectivity index (χ1n) is 9.83. The molecule has 31 heavy (non-hydrogen) atoms. The van der Waals surface area contributed by atoms with Crippen molar-refractivity contribution in [3.05, 3.63) is 0 Å². The van der Waals surface area contributed by atoms with Crippen molar-refractivity contribution < 1.29 is 38.1 Å². The van der Waals surface area contributed by atoms with Crippen LogP contribution in [0.15, 0.2) is 0 Å². The third-order valence-corrected chi connectivity index (χ3v) is 6.66. The Morgan fingerprint density at radius 2 is 1.90 bits per heavy atom. The van der Waals surface area contributed by atoms with Gasteiger partial charge < -0.3 is 29.0 Å². The number of hydrogen-bond acceptors (Lipinski definition) is 8. The maximum Gasteiger partial charge on any atom is 0.350 e. The molecule has 0 aromatic carbocycles. The van der Waals surface area contributed by atoms with E-state index in [4.69, 9.17) is 58.5 Å². The summed E-state index contributed by atoms with van der Waals surface area (Å²) >= 11 is 17.5. The van der Waals surface area contributed by atoms with Crippen LogP contribution >= 0.6 is 34.8 Å². The molecule has 176 valence electrons. The van der Waals surface area contributed by atoms with Crippen molar-refractivity contribution in [3.8, 4) is 0 Å². The van der Waals surface area contributed by atoms with E-state index in [0.29, 0.717) is 0 Å². The van der Waals surface area contributed by atoms with Crippen LogP contribution in [-0.2, 0) is 38.1 Å². The Hall–Kier alpha value is -0.840. The van der Waals surface area contributed by atoms with Crippen LogP contribution in [0.1, 0.15) is 34.1 Å². The Labute approximate surface area is 195 Å². The van der Waals surface area contributed by atoms with Gasteiger partial charge in [0.25, 0.3) is 9.70 Å². The number of methoxy groups -OCH3 is 1. The summed E-state index contributed by atoms with van der Waals surface area (Å²) in [6.07, 6.45) is -3.22. The highest BCUT2D eigenvalue weighted by atomic mass is 35.6. The molecule has 9 nitrogen and oxygen atoms in total. The van der Waals surface area contributed by atoms with E-state index in [0.717, 1.165) is 6.92 Å². The zero-order valence-corrected chi connectivity index (χ0v) is 20.0. The number of esters is 2. The molecule has 2 aliphatic heterocycles. The van der Waals surface area contributed by atoms with Gasteiger partial charge in [0.05, 0.1) is 30.3 Å². The quantitative estimate of drug-likeness (QED) is 0.458. The fourth-order valence-corrected chi connectivity index (χ4v) is 5.03. The minimum Gasteiger partial charge on any atom is -0.459 e. The van der Waals surface area contributed by atoms with Gasteiger partial charge in [-0.2, -0.15) is 0 Å². The lowest BCUT2D eigenvalue weighted by Crippen LogP contribution is -2.78. The van der Waals surface area contributed by atoms with Crippen molar-refractivity contribution in [2.24, 2.45) is 11.8 Å². The molecular formula is C19H26Cl3NO8. The molecule has 0 aromatic heterocycles. The summed E-state index contributed by atoms with van der Waals surface area (Å²) in [7, 11) is 1.50. The predicted molar refractivity (Wildman–Crippen MR) is 110 cm³/mol. The molecule has 0 radical (unpaired) electrons. The molecule has 2 heterocycles. The lowest BCUT2D eigenvalue weighted by atomic mass is 9.60. The summed E-state index contributed by atoms with van der Waals surface area (Å²) in [6, 6.07) is 0. The van der Waals surface area contributed by atoms with E-state index in [1.54, 1.807) is 13.8 Å². The maximum absolute atomic E-state index is 12.9. The summed E-state index contributed by atoms with van der Waals surface area (Å²) in [5.41, 5.74) is -1.52. The Morgan fingerprint density at radius 1 is 1.26 bits per heavy atom. The molecule has 2 bridgehead atoms. The van der Waals surface area contributed by atoms with Gasteiger partial charge in [-0.15, -0.1) is 0 Å². The van der Waals surface area contributed by atoms with Crippen LogP contribution in [0.25, 0.3) is 0 Å². The molecule has 1 saturated carbocycles. The van der Waals surface area contributed by atoms with Gasteiger partial charge in [0.15, 0.2) is 5.79 Å². The van der Waals surface area contributed by atoms with Gasteiger partial charge >= 0.3 is 11.9 Å². The number of amides is 1. The zero-order valence-electron chi connectivity index (χ0n) is 17.8. The van der Waals surface area contributed by atoms with E-state index in [-0.39, 0.29) is 18.9 Å². The molecule has 1 N–H and O–H groups in total. The van der Waals surface area contributed by atoms with Crippen LogP contribution in [0, 0.1) is 11.8 Å². The molecule has 2 saturated heterocycles. The van der Waals surface area contributed by atoms with Gasteiger partial charge in [0.1, 0.15) is 6.10 Å². The van der Waals surface area contributed by atoms with Crippen molar-refractivity contribution in [2.75, 3.05) is 13.7 Å². The molecule has 3 fully saturated rings. The second-order valence-corrected chi connectivity index (χ2v) is 10.9. The zero-order chi connectivity index (χ0) is 23.4. The largest absolute Gasteiger partial charge is 0.459 e. The monoisotopic (exact) mass is 501 g/mol. The number of alkyl halides is 3. The smallest absolute Gasteiger partial charge is 0.350 e. The highest BCUT2D eigenvalue weighted by Crippen LogP contribution is 2.51. The molecule has 1 amide bonds. The van der Waals surface area contributed by atoms with Crippen LogP contribution < -0.4 is 5.32 Å². The van der Waals surface area contributed by atoms with Gasteiger partial charge in [0, 0.05) is 26.4 Å². The summed E-state index contributed by atoms with van der Waals surface area (Å²) < 4.78 is 26.2. The molecule has 3 aliphatic rings. The van der Waals surface area contributed by atoms with E-state index in [9.17, 15) is 14.4 Å². The second-order valence-electron chi connectivity index (χ2n) is 8.61. The standard InChI is InChI=1S/C19H26Cl3NO8/c1-8-10(27-5)6-18(23-16(26)19(20,21)22)12(11-7-28-17(3,4)31-11)13(8)30-15(25)14(18)29-9(2)24/h8,10-14H,6-7H2,1-5H3,(H,23,26)/t8-,10?,11+,12-,13-,14+,18-/m0/s1. The number of carbonyl (C=O) groups excluding carboxylic acids is 3. The SMILES string of the molecule is COC1C[C@]2(NC(=O)C(Cl)(Cl)Cl)[C@@H]([C@H]3COC(C)(C)O3)[C@@H](OC(=O)[C@H]2OC(C)=O)[C@H]1C. The lowest BCUT2D eigenvalue weighted by molar-refractivity contribution is -0.242. The van der Waals surface area contributed by atoms with Gasteiger partial charge in [-0.3, -0.25) is 9.59 Å². The maximum atomic E-state index is 12.9. The third kappa shape index (κ3) is 4.63. The summed E-state index contributed by atoms with van der Waals surface area (Å²) in [5, 5.41) is 2.70. The number of carbonyl (C=O) groups is 3. The van der Waals surface area contributed by atoms with Crippen LogP contribution in [0.4, 0.5) is 0 Å². The summed E-state index contributed by atoms with van der Waals surface area (Å²) in [4.78, 5) is 37.6. The van der Waals surface area contributed by atoms with Crippen molar-refractivity contribution in [3.63, 3.8) is 0 Å². The van der Waals surface area contributed by atoms with E-state index < -0.39 is 63.3 Å². The highest BCUT2D eigenvalue weighted by Gasteiger charge is 2.68. The number of fused-ring (bicyclic) bond motifs is 2. The molecular weight excluding hydrogens is 477 g/mol. The molecule has 1 aliphatic carbocycles.